The Labute approximate surface area is 177 Å². The smallest absolute Gasteiger partial charge is 0.295 e. The fourth-order valence-corrected chi connectivity index (χ4v) is 3.83. The van der Waals surface area contributed by atoms with E-state index in [1.54, 1.807) is 30.2 Å². The van der Waals surface area contributed by atoms with Crippen LogP contribution in [0.3, 0.4) is 0 Å². The molecule has 1 aliphatic rings. The fourth-order valence-electron chi connectivity index (χ4n) is 3.83. The predicted octanol–water partition coefficient (Wildman–Crippen LogP) is 3.38. The highest BCUT2D eigenvalue weighted by Gasteiger charge is 2.45. The van der Waals surface area contributed by atoms with Crippen molar-refractivity contribution in [1.29, 1.82) is 0 Å². The number of methoxy groups -OCH3 is 1. The monoisotopic (exact) mass is 408 g/mol. The van der Waals surface area contributed by atoms with Gasteiger partial charge < -0.3 is 19.6 Å². The maximum Gasteiger partial charge on any atom is 0.295 e. The molecule has 30 heavy (non-hydrogen) atoms. The zero-order valence-corrected chi connectivity index (χ0v) is 17.9. The van der Waals surface area contributed by atoms with Gasteiger partial charge in [0, 0.05) is 12.1 Å². The van der Waals surface area contributed by atoms with Crippen molar-refractivity contribution in [1.82, 2.24) is 9.80 Å². The lowest BCUT2D eigenvalue weighted by molar-refractivity contribution is -0.139. The number of likely N-dealkylation sites (tertiary alicyclic amines) is 1. The Morgan fingerprint density at radius 1 is 1.13 bits per heavy atom. The van der Waals surface area contributed by atoms with E-state index in [0.717, 1.165) is 24.1 Å². The number of hydrogen-bond acceptors (Lipinski definition) is 5. The zero-order chi connectivity index (χ0) is 21.8. The zero-order valence-electron chi connectivity index (χ0n) is 17.9. The quantitative estimate of drug-likeness (QED) is 0.432. The number of carbonyl (C=O) groups excluding carboxylic acids is 2. The van der Waals surface area contributed by atoms with Gasteiger partial charge in [-0.2, -0.15) is 0 Å². The van der Waals surface area contributed by atoms with Gasteiger partial charge in [-0.15, -0.1) is 0 Å². The van der Waals surface area contributed by atoms with E-state index < -0.39 is 17.7 Å². The first-order valence-corrected chi connectivity index (χ1v) is 9.98. The molecule has 3 rings (SSSR count). The van der Waals surface area contributed by atoms with E-state index >= 15 is 0 Å². The van der Waals surface area contributed by atoms with E-state index in [0.29, 0.717) is 17.9 Å². The van der Waals surface area contributed by atoms with Crippen LogP contribution in [0.2, 0.25) is 0 Å². The molecule has 0 aliphatic carbocycles. The molecule has 1 fully saturated rings. The normalized spacial score (nSPS) is 18.3. The topological polar surface area (TPSA) is 70.1 Å². The Balaban J connectivity index is 2.08. The molecule has 0 bridgehead atoms. The molecular weight excluding hydrogens is 380 g/mol. The minimum absolute atomic E-state index is 0.126. The number of nitrogens with zero attached hydrogens (tertiary/aromatic N) is 2. The largest absolute Gasteiger partial charge is 0.507 e. The number of rotatable bonds is 7. The minimum Gasteiger partial charge on any atom is -0.507 e. The van der Waals surface area contributed by atoms with E-state index in [2.05, 4.69) is 0 Å². The summed E-state index contributed by atoms with van der Waals surface area (Å²) in [6.45, 7) is 3.09. The molecule has 1 atom stereocenters. The summed E-state index contributed by atoms with van der Waals surface area (Å²) >= 11 is 0. The number of carbonyl (C=O) groups is 2. The van der Waals surface area contributed by atoms with Crippen molar-refractivity contribution in [2.24, 2.45) is 0 Å². The number of ether oxygens (including phenoxy) is 1. The van der Waals surface area contributed by atoms with E-state index in [1.807, 2.05) is 56.3 Å². The van der Waals surface area contributed by atoms with Gasteiger partial charge in [0.2, 0.25) is 0 Å². The van der Waals surface area contributed by atoms with Crippen molar-refractivity contribution in [3.05, 3.63) is 70.8 Å². The number of amides is 1. The van der Waals surface area contributed by atoms with Crippen molar-refractivity contribution in [3.63, 3.8) is 0 Å². The lowest BCUT2D eigenvalue weighted by atomic mass is 9.95. The minimum atomic E-state index is -0.653. The van der Waals surface area contributed by atoms with E-state index in [1.165, 1.54) is 0 Å². The molecule has 0 radical (unpaired) electrons. The van der Waals surface area contributed by atoms with Crippen molar-refractivity contribution >= 4 is 17.4 Å². The summed E-state index contributed by atoms with van der Waals surface area (Å²) in [5.41, 5.74) is 2.24. The van der Waals surface area contributed by atoms with Gasteiger partial charge in [-0.3, -0.25) is 9.59 Å². The first kappa shape index (κ1) is 21.6. The number of aryl methyl sites for hydroxylation is 1. The van der Waals surface area contributed by atoms with Crippen LogP contribution in [0.1, 0.15) is 29.2 Å². The summed E-state index contributed by atoms with van der Waals surface area (Å²) in [5, 5.41) is 11.1. The number of ketones is 1. The summed E-state index contributed by atoms with van der Waals surface area (Å²) in [7, 11) is 5.51. The van der Waals surface area contributed by atoms with Crippen molar-refractivity contribution in [2.45, 2.75) is 19.4 Å². The summed E-state index contributed by atoms with van der Waals surface area (Å²) in [4.78, 5) is 29.5. The number of Topliss-reactive ketones (excluding diaryl/α,β-unsaturated/α-hetero) is 1. The van der Waals surface area contributed by atoms with Crippen LogP contribution in [0.5, 0.6) is 5.75 Å². The Hall–Kier alpha value is -3.12. The van der Waals surface area contributed by atoms with E-state index in [-0.39, 0.29) is 11.3 Å². The maximum absolute atomic E-state index is 13.0. The van der Waals surface area contributed by atoms with Crippen LogP contribution in [0.25, 0.3) is 5.76 Å². The molecule has 0 spiro atoms. The van der Waals surface area contributed by atoms with Crippen molar-refractivity contribution in [3.8, 4) is 5.75 Å². The molecule has 1 saturated heterocycles. The standard InChI is InChI=1S/C24H28N2O4/c1-16-15-18(11-12-19(16)30-4)22(27)20-21(17-9-6-5-7-10-17)26(24(29)23(20)28)14-8-13-25(2)3/h5-7,9-12,15,21,27H,8,13-14H2,1-4H3. The molecule has 2 aromatic rings. The van der Waals surface area contributed by atoms with Crippen LogP contribution in [-0.4, -0.2) is 60.9 Å². The predicted molar refractivity (Wildman–Crippen MR) is 116 cm³/mol. The van der Waals surface area contributed by atoms with Gasteiger partial charge in [-0.05, 0) is 63.3 Å². The summed E-state index contributed by atoms with van der Waals surface area (Å²) < 4.78 is 5.28. The van der Waals surface area contributed by atoms with Crippen molar-refractivity contribution < 1.29 is 19.4 Å². The van der Waals surface area contributed by atoms with Crippen LogP contribution < -0.4 is 4.74 Å². The molecule has 0 aromatic heterocycles. The van der Waals surface area contributed by atoms with Crippen LogP contribution in [-0.2, 0) is 9.59 Å². The van der Waals surface area contributed by atoms with E-state index in [4.69, 9.17) is 4.74 Å². The fraction of sp³-hybridized carbons (Fsp3) is 0.333. The third kappa shape index (κ3) is 4.24. The van der Waals surface area contributed by atoms with Crippen LogP contribution in [0, 0.1) is 6.92 Å². The lowest BCUT2D eigenvalue weighted by Crippen LogP contribution is -2.32. The molecule has 6 nitrogen and oxygen atoms in total. The van der Waals surface area contributed by atoms with Gasteiger partial charge >= 0.3 is 0 Å². The van der Waals surface area contributed by atoms with Crippen LogP contribution in [0.4, 0.5) is 0 Å². The average Bonchev–Trinajstić information content (AvgIpc) is 2.98. The molecule has 0 saturated carbocycles. The molecule has 1 heterocycles. The van der Waals surface area contributed by atoms with Crippen LogP contribution >= 0.6 is 0 Å². The molecular formula is C24H28N2O4. The summed E-state index contributed by atoms with van der Waals surface area (Å²) in [6, 6.07) is 14.0. The Morgan fingerprint density at radius 3 is 2.43 bits per heavy atom. The first-order chi connectivity index (χ1) is 14.3. The lowest BCUT2D eigenvalue weighted by Gasteiger charge is -2.26. The second-order valence-electron chi connectivity index (χ2n) is 7.74. The molecule has 6 heteroatoms. The van der Waals surface area contributed by atoms with Gasteiger partial charge in [-0.25, -0.2) is 0 Å². The molecule has 1 aliphatic heterocycles. The highest BCUT2D eigenvalue weighted by atomic mass is 16.5. The molecule has 158 valence electrons. The second kappa shape index (κ2) is 9.13. The highest BCUT2D eigenvalue weighted by Crippen LogP contribution is 2.39. The number of aliphatic hydroxyl groups is 1. The SMILES string of the molecule is COc1ccc(C(O)=C2C(=O)C(=O)N(CCCN(C)C)C2c2ccccc2)cc1C. The Morgan fingerprint density at radius 2 is 1.83 bits per heavy atom. The molecule has 2 aromatic carbocycles. The number of hydrogen-bond donors (Lipinski definition) is 1. The Kier molecular flexibility index (Phi) is 6.57. The summed E-state index contributed by atoms with van der Waals surface area (Å²) in [6.07, 6.45) is 0.727. The average molecular weight is 408 g/mol. The highest BCUT2D eigenvalue weighted by molar-refractivity contribution is 6.46. The second-order valence-corrected chi connectivity index (χ2v) is 7.74. The number of aliphatic hydroxyl groups excluding tert-OH is 1. The molecule has 1 unspecified atom stereocenters. The maximum atomic E-state index is 13.0. The third-order valence-corrected chi connectivity index (χ3v) is 5.33. The van der Waals surface area contributed by atoms with Gasteiger partial charge in [0.1, 0.15) is 11.5 Å². The third-order valence-electron chi connectivity index (χ3n) is 5.33. The summed E-state index contributed by atoms with van der Waals surface area (Å²) in [5.74, 6) is -0.701. The number of benzene rings is 2. The van der Waals surface area contributed by atoms with Gasteiger partial charge in [0.05, 0.1) is 18.7 Å². The van der Waals surface area contributed by atoms with Gasteiger partial charge in [0.15, 0.2) is 0 Å². The van der Waals surface area contributed by atoms with Crippen LogP contribution in [0.15, 0.2) is 54.1 Å². The molecule has 1 amide bonds. The molecule has 1 N–H and O–H groups in total. The van der Waals surface area contributed by atoms with E-state index in [9.17, 15) is 14.7 Å². The van der Waals surface area contributed by atoms with Crippen molar-refractivity contribution in [2.75, 3.05) is 34.3 Å². The van der Waals surface area contributed by atoms with Gasteiger partial charge in [0.25, 0.3) is 11.7 Å². The Bertz CT molecular complexity index is 966. The van der Waals surface area contributed by atoms with Gasteiger partial charge in [-0.1, -0.05) is 30.3 Å². The first-order valence-electron chi connectivity index (χ1n) is 9.98.